The molecule has 0 saturated heterocycles. The number of ether oxygens (including phenoxy) is 1. The lowest BCUT2D eigenvalue weighted by atomic mass is 10.1. The zero-order chi connectivity index (χ0) is 12.0. The normalized spacial score (nSPS) is 27.9. The van der Waals surface area contributed by atoms with Crippen molar-refractivity contribution in [3.8, 4) is 5.75 Å². The van der Waals surface area contributed by atoms with Gasteiger partial charge >= 0.3 is 7.80 Å². The van der Waals surface area contributed by atoms with Crippen molar-refractivity contribution in [2.24, 2.45) is 0 Å². The van der Waals surface area contributed by atoms with Gasteiger partial charge in [-0.2, -0.15) is 0 Å². The first-order valence-electron chi connectivity index (χ1n) is 5.13. The highest BCUT2D eigenvalue weighted by Crippen LogP contribution is 2.42. The molecule has 0 amide bonds. The van der Waals surface area contributed by atoms with Gasteiger partial charge in [0.2, 0.25) is 11.0 Å². The Morgan fingerprint density at radius 3 is 2.94 bits per heavy atom. The Labute approximate surface area is 97.4 Å². The molecule has 86 valence electrons. The molecular weight excluding hydrogens is 245 g/mol. The van der Waals surface area contributed by atoms with Crippen LogP contribution in [-0.4, -0.2) is 11.8 Å². The predicted molar refractivity (Wildman–Crippen MR) is 60.2 cm³/mol. The number of allylic oxidation sites excluding steroid dienone is 2. The second-order valence-corrected chi connectivity index (χ2v) is 5.65. The van der Waals surface area contributed by atoms with Gasteiger partial charge in [-0.15, -0.1) is 0 Å². The van der Waals surface area contributed by atoms with Crippen molar-refractivity contribution in [2.45, 2.75) is 11.8 Å². The number of benzene rings is 1. The maximum atomic E-state index is 13.1. The lowest BCUT2D eigenvalue weighted by molar-refractivity contribution is 0.248. The van der Waals surface area contributed by atoms with Gasteiger partial charge in [0.1, 0.15) is 11.6 Å². The fraction of sp³-hybridized carbons (Fsp3) is 0.167. The molecule has 3 unspecified atom stereocenters. The van der Waals surface area contributed by atoms with E-state index in [0.29, 0.717) is 11.1 Å². The zero-order valence-corrected chi connectivity index (χ0v) is 9.53. The van der Waals surface area contributed by atoms with Crippen molar-refractivity contribution in [3.63, 3.8) is 0 Å². The quantitative estimate of drug-likeness (QED) is 0.664. The summed E-state index contributed by atoms with van der Waals surface area (Å²) in [6.45, 7) is 0. The SMILES string of the molecule is O=[P+]1c2cc(F)ccc2OC2C=CC(F)=CC21. The van der Waals surface area contributed by atoms with E-state index < -0.39 is 31.2 Å². The predicted octanol–water partition coefficient (Wildman–Crippen LogP) is 2.83. The largest absolute Gasteiger partial charge is 0.476 e. The molecule has 0 saturated carbocycles. The van der Waals surface area contributed by atoms with Crippen molar-refractivity contribution in [3.05, 3.63) is 48.1 Å². The molecule has 0 bridgehead atoms. The molecule has 0 radical (unpaired) electrons. The van der Waals surface area contributed by atoms with Crippen LogP contribution < -0.4 is 10.0 Å². The van der Waals surface area contributed by atoms with Crippen LogP contribution in [-0.2, 0) is 4.57 Å². The maximum absolute atomic E-state index is 13.1. The van der Waals surface area contributed by atoms with Gasteiger partial charge in [-0.1, -0.05) is 4.57 Å². The number of hydrogen-bond donors (Lipinski definition) is 0. The Morgan fingerprint density at radius 1 is 1.29 bits per heavy atom. The van der Waals surface area contributed by atoms with Crippen molar-refractivity contribution >= 4 is 13.1 Å². The number of fused-ring (bicyclic) bond motifs is 2. The first-order valence-corrected chi connectivity index (χ1v) is 6.46. The molecule has 1 aliphatic heterocycles. The van der Waals surface area contributed by atoms with Crippen LogP contribution in [0.2, 0.25) is 0 Å². The molecular formula is C12H8F2O2P+. The van der Waals surface area contributed by atoms with Gasteiger partial charge in [0.25, 0.3) is 0 Å². The van der Waals surface area contributed by atoms with Crippen LogP contribution in [0.25, 0.3) is 0 Å². The molecule has 1 aromatic carbocycles. The standard InChI is InChI=1S/C12H8F2O2P/c13-7-1-3-9-11(5-7)17(15)12-6-8(14)2-4-10(12)16-9/h1-6,9,11H/q+1. The molecule has 3 rings (SSSR count). The van der Waals surface area contributed by atoms with E-state index in [-0.39, 0.29) is 0 Å². The van der Waals surface area contributed by atoms with Gasteiger partial charge in [-0.05, 0) is 24.3 Å². The Kier molecular flexibility index (Phi) is 2.33. The molecule has 0 N–H and O–H groups in total. The van der Waals surface area contributed by atoms with E-state index in [2.05, 4.69) is 0 Å². The fourth-order valence-electron chi connectivity index (χ4n) is 1.99. The fourth-order valence-corrected chi connectivity index (χ4v) is 3.62. The van der Waals surface area contributed by atoms with Gasteiger partial charge in [0.05, 0.1) is 0 Å². The van der Waals surface area contributed by atoms with Crippen LogP contribution >= 0.6 is 7.80 Å². The van der Waals surface area contributed by atoms with Gasteiger partial charge < -0.3 is 4.74 Å². The minimum atomic E-state index is -1.89. The summed E-state index contributed by atoms with van der Waals surface area (Å²) in [5, 5.41) is 0.320. The lowest BCUT2D eigenvalue weighted by Crippen LogP contribution is -2.35. The molecule has 1 aliphatic carbocycles. The average molecular weight is 253 g/mol. The zero-order valence-electron chi connectivity index (χ0n) is 8.64. The van der Waals surface area contributed by atoms with Crippen molar-refractivity contribution in [1.29, 1.82) is 0 Å². The van der Waals surface area contributed by atoms with Crippen LogP contribution in [0, 0.1) is 5.82 Å². The van der Waals surface area contributed by atoms with E-state index in [1.807, 2.05) is 0 Å². The summed E-state index contributed by atoms with van der Waals surface area (Å²) in [5.74, 6) is -0.489. The third-order valence-corrected chi connectivity index (χ3v) is 4.61. The second-order valence-electron chi connectivity index (χ2n) is 3.92. The number of halogens is 2. The summed E-state index contributed by atoms with van der Waals surface area (Å²) in [7, 11) is -1.89. The summed E-state index contributed by atoms with van der Waals surface area (Å²) in [6.07, 6.45) is 3.67. The Hall–Kier alpha value is -1.54. The molecule has 2 nitrogen and oxygen atoms in total. The van der Waals surface area contributed by atoms with Crippen LogP contribution in [0.15, 0.2) is 42.3 Å². The minimum Gasteiger partial charge on any atom is -0.476 e. The molecule has 2 aliphatic rings. The first-order chi connectivity index (χ1) is 8.15. The van der Waals surface area contributed by atoms with Crippen LogP contribution in [0.1, 0.15) is 0 Å². The molecule has 0 fully saturated rings. The van der Waals surface area contributed by atoms with E-state index in [4.69, 9.17) is 4.74 Å². The number of hydrogen-bond acceptors (Lipinski definition) is 2. The topological polar surface area (TPSA) is 26.3 Å². The Balaban J connectivity index is 2.10. The minimum absolute atomic E-state index is 0.320. The average Bonchev–Trinajstić information content (AvgIpc) is 2.32. The van der Waals surface area contributed by atoms with Crippen LogP contribution in [0.3, 0.4) is 0 Å². The third-order valence-electron chi connectivity index (χ3n) is 2.80. The van der Waals surface area contributed by atoms with Gasteiger partial charge in [-0.3, -0.25) is 0 Å². The van der Waals surface area contributed by atoms with E-state index in [1.54, 1.807) is 6.08 Å². The molecule has 0 spiro atoms. The summed E-state index contributed by atoms with van der Waals surface area (Å²) in [6, 6.07) is 3.90. The maximum Gasteiger partial charge on any atom is 0.392 e. The van der Waals surface area contributed by atoms with Crippen molar-refractivity contribution in [1.82, 2.24) is 0 Å². The third kappa shape index (κ3) is 1.69. The van der Waals surface area contributed by atoms with E-state index in [1.165, 1.54) is 30.4 Å². The Bertz CT molecular complexity index is 566. The van der Waals surface area contributed by atoms with E-state index in [0.717, 1.165) is 0 Å². The monoisotopic (exact) mass is 253 g/mol. The Morgan fingerprint density at radius 2 is 2.12 bits per heavy atom. The van der Waals surface area contributed by atoms with Gasteiger partial charge in [0.15, 0.2) is 11.9 Å². The molecule has 5 heteroatoms. The first kappa shape index (κ1) is 10.6. The highest BCUT2D eigenvalue weighted by atomic mass is 31.1. The summed E-state index contributed by atoms with van der Waals surface area (Å²) in [4.78, 5) is 0. The van der Waals surface area contributed by atoms with Gasteiger partial charge in [0, 0.05) is 12.1 Å². The summed E-state index contributed by atoms with van der Waals surface area (Å²) in [5.41, 5.74) is -0.552. The van der Waals surface area contributed by atoms with Gasteiger partial charge in [-0.25, -0.2) is 8.78 Å². The molecule has 0 aromatic heterocycles. The molecule has 1 aromatic rings. The highest BCUT2D eigenvalue weighted by Gasteiger charge is 2.46. The highest BCUT2D eigenvalue weighted by molar-refractivity contribution is 7.55. The van der Waals surface area contributed by atoms with Crippen molar-refractivity contribution < 1.29 is 18.1 Å². The summed E-state index contributed by atoms with van der Waals surface area (Å²) < 4.78 is 43.9. The molecule has 3 atom stereocenters. The smallest absolute Gasteiger partial charge is 0.392 e. The van der Waals surface area contributed by atoms with Crippen LogP contribution in [0.4, 0.5) is 8.78 Å². The second kappa shape index (κ2) is 3.74. The molecule has 1 heterocycles. The summed E-state index contributed by atoms with van der Waals surface area (Å²) >= 11 is 0. The van der Waals surface area contributed by atoms with Crippen LogP contribution in [0.5, 0.6) is 5.75 Å². The van der Waals surface area contributed by atoms with E-state index >= 15 is 0 Å². The molecule has 17 heavy (non-hydrogen) atoms. The lowest BCUT2D eigenvalue weighted by Gasteiger charge is -2.23. The number of rotatable bonds is 0. The van der Waals surface area contributed by atoms with E-state index in [9.17, 15) is 13.3 Å². The van der Waals surface area contributed by atoms with Crippen molar-refractivity contribution in [2.75, 3.05) is 0 Å².